The Kier molecular flexibility index (Phi) is 8.01. The fourth-order valence-corrected chi connectivity index (χ4v) is 2.81. The fraction of sp³-hybridized carbons (Fsp3) is 0.611. The van der Waals surface area contributed by atoms with Gasteiger partial charge in [0.2, 0.25) is 0 Å². The number of hydrogen-bond donors (Lipinski definition) is 3. The molecule has 0 aromatic heterocycles. The van der Waals surface area contributed by atoms with E-state index >= 15 is 0 Å². The Hall–Kier alpha value is -1.63. The van der Waals surface area contributed by atoms with E-state index in [1.807, 2.05) is 18.2 Å². The van der Waals surface area contributed by atoms with Gasteiger partial charge in [0.15, 0.2) is 5.96 Å². The lowest BCUT2D eigenvalue weighted by atomic mass is 9.84. The molecule has 0 aliphatic carbocycles. The Balaban J connectivity index is 1.63. The minimum Gasteiger partial charge on any atom is -0.396 e. The number of rotatable bonds is 9. The number of aliphatic hydroxyl groups is 1. The molecule has 2 rings (SSSR count). The molecule has 134 valence electrons. The smallest absolute Gasteiger partial charge is 0.191 e. The molecule has 0 saturated carbocycles. The zero-order valence-corrected chi connectivity index (χ0v) is 14.5. The molecule has 1 aliphatic heterocycles. The molecule has 1 unspecified atom stereocenters. The third-order valence-electron chi connectivity index (χ3n) is 4.33. The van der Waals surface area contributed by atoms with Crippen molar-refractivity contribution in [2.45, 2.75) is 19.4 Å². The molecule has 1 aliphatic rings. The number of guanidine groups is 1. The minimum absolute atomic E-state index is 0.0101. The molecule has 0 amide bonds. The summed E-state index contributed by atoms with van der Waals surface area (Å²) in [5.41, 5.74) is 1.18. The van der Waals surface area contributed by atoms with Crippen LogP contribution in [0.5, 0.6) is 0 Å². The number of hydrogen-bond acceptors (Lipinski definition) is 4. The van der Waals surface area contributed by atoms with Gasteiger partial charge in [-0.1, -0.05) is 30.3 Å². The summed E-state index contributed by atoms with van der Waals surface area (Å²) in [6.45, 7) is 4.31. The Bertz CT molecular complexity index is 488. The van der Waals surface area contributed by atoms with E-state index in [0.29, 0.717) is 26.4 Å². The number of benzene rings is 1. The van der Waals surface area contributed by atoms with Crippen LogP contribution in [0.1, 0.15) is 18.4 Å². The Morgan fingerprint density at radius 3 is 2.83 bits per heavy atom. The van der Waals surface area contributed by atoms with Gasteiger partial charge in [0.05, 0.1) is 19.8 Å². The second kappa shape index (κ2) is 10.3. The van der Waals surface area contributed by atoms with Gasteiger partial charge < -0.3 is 25.2 Å². The lowest BCUT2D eigenvalue weighted by Gasteiger charge is -2.27. The maximum absolute atomic E-state index is 9.26. The van der Waals surface area contributed by atoms with Crippen molar-refractivity contribution in [3.05, 3.63) is 35.9 Å². The average Bonchev–Trinajstić information content (AvgIpc) is 3.07. The van der Waals surface area contributed by atoms with Gasteiger partial charge >= 0.3 is 0 Å². The van der Waals surface area contributed by atoms with Gasteiger partial charge in [-0.3, -0.25) is 4.99 Å². The van der Waals surface area contributed by atoms with Gasteiger partial charge in [-0.15, -0.1) is 0 Å². The predicted molar refractivity (Wildman–Crippen MR) is 95.0 cm³/mol. The summed E-state index contributed by atoms with van der Waals surface area (Å²) in [7, 11) is 1.75. The molecular formula is C18H29N3O3. The minimum atomic E-state index is 0.0101. The molecule has 6 nitrogen and oxygen atoms in total. The average molecular weight is 335 g/mol. The van der Waals surface area contributed by atoms with Crippen LogP contribution in [0, 0.1) is 5.41 Å². The highest BCUT2D eigenvalue weighted by molar-refractivity contribution is 5.79. The highest BCUT2D eigenvalue weighted by atomic mass is 16.5. The summed E-state index contributed by atoms with van der Waals surface area (Å²) in [6, 6.07) is 10.1. The molecule has 0 radical (unpaired) electrons. The second-order valence-electron chi connectivity index (χ2n) is 6.17. The fourth-order valence-electron chi connectivity index (χ4n) is 2.81. The van der Waals surface area contributed by atoms with Crippen molar-refractivity contribution < 1.29 is 14.6 Å². The summed E-state index contributed by atoms with van der Waals surface area (Å²) >= 11 is 0. The molecule has 1 atom stereocenters. The second-order valence-corrected chi connectivity index (χ2v) is 6.17. The zero-order chi connectivity index (χ0) is 17.1. The molecule has 1 heterocycles. The van der Waals surface area contributed by atoms with Crippen molar-refractivity contribution in [3.63, 3.8) is 0 Å². The maximum Gasteiger partial charge on any atom is 0.191 e. The van der Waals surface area contributed by atoms with Crippen molar-refractivity contribution >= 4 is 5.96 Å². The lowest BCUT2D eigenvalue weighted by Crippen LogP contribution is -2.45. The van der Waals surface area contributed by atoms with Gasteiger partial charge in [0, 0.05) is 38.8 Å². The number of aliphatic hydroxyl groups excluding tert-OH is 1. The molecule has 1 fully saturated rings. The van der Waals surface area contributed by atoms with Crippen LogP contribution in [-0.4, -0.2) is 57.6 Å². The highest BCUT2D eigenvalue weighted by Gasteiger charge is 2.34. The van der Waals surface area contributed by atoms with E-state index in [0.717, 1.165) is 32.0 Å². The maximum atomic E-state index is 9.26. The van der Waals surface area contributed by atoms with E-state index < -0.39 is 0 Å². The molecule has 3 N–H and O–H groups in total. The molecule has 1 aromatic carbocycles. The number of aliphatic imine (C=N–C) groups is 1. The van der Waals surface area contributed by atoms with Crippen LogP contribution in [0.25, 0.3) is 0 Å². The van der Waals surface area contributed by atoms with Crippen LogP contribution in [0.15, 0.2) is 35.3 Å². The van der Waals surface area contributed by atoms with Crippen LogP contribution in [0.3, 0.4) is 0 Å². The highest BCUT2D eigenvalue weighted by Crippen LogP contribution is 2.31. The first-order chi connectivity index (χ1) is 11.8. The number of nitrogens with one attached hydrogen (secondary N) is 2. The SMILES string of the molecule is CN=C(NCCOCc1ccccc1)NCC1(CCO)CCOC1. The summed E-state index contributed by atoms with van der Waals surface area (Å²) in [6.07, 6.45) is 1.72. The van der Waals surface area contributed by atoms with Gasteiger partial charge in [-0.2, -0.15) is 0 Å². The van der Waals surface area contributed by atoms with Crippen LogP contribution in [0.2, 0.25) is 0 Å². The first-order valence-corrected chi connectivity index (χ1v) is 8.53. The molecule has 1 saturated heterocycles. The van der Waals surface area contributed by atoms with E-state index in [4.69, 9.17) is 9.47 Å². The standard InChI is InChI=1S/C18H29N3O3/c1-19-17(21-14-18(7-10-22)8-11-24-15-18)20-9-12-23-13-16-5-3-2-4-6-16/h2-6,22H,7-15H2,1H3,(H2,19,20,21). The number of ether oxygens (including phenoxy) is 2. The summed E-state index contributed by atoms with van der Waals surface area (Å²) < 4.78 is 11.2. The monoisotopic (exact) mass is 335 g/mol. The predicted octanol–water partition coefficient (Wildman–Crippen LogP) is 1.16. The van der Waals surface area contributed by atoms with Crippen molar-refractivity contribution in [2.24, 2.45) is 10.4 Å². The van der Waals surface area contributed by atoms with E-state index in [2.05, 4.69) is 27.8 Å². The normalized spacial score (nSPS) is 21.0. The number of nitrogens with zero attached hydrogens (tertiary/aromatic N) is 1. The molecule has 24 heavy (non-hydrogen) atoms. The van der Waals surface area contributed by atoms with Gasteiger partial charge in [0.25, 0.3) is 0 Å². The van der Waals surface area contributed by atoms with Crippen molar-refractivity contribution in [1.82, 2.24) is 10.6 Å². The van der Waals surface area contributed by atoms with E-state index in [1.165, 1.54) is 5.56 Å². The summed E-state index contributed by atoms with van der Waals surface area (Å²) in [4.78, 5) is 4.23. The van der Waals surface area contributed by atoms with E-state index in [-0.39, 0.29) is 12.0 Å². The summed E-state index contributed by atoms with van der Waals surface area (Å²) in [5.74, 6) is 0.752. The van der Waals surface area contributed by atoms with Crippen LogP contribution >= 0.6 is 0 Å². The Morgan fingerprint density at radius 1 is 1.33 bits per heavy atom. The quantitative estimate of drug-likeness (QED) is 0.359. The Morgan fingerprint density at radius 2 is 2.17 bits per heavy atom. The van der Waals surface area contributed by atoms with E-state index in [9.17, 15) is 5.11 Å². The van der Waals surface area contributed by atoms with Crippen LogP contribution in [0.4, 0.5) is 0 Å². The lowest BCUT2D eigenvalue weighted by molar-refractivity contribution is 0.124. The third-order valence-corrected chi connectivity index (χ3v) is 4.33. The Labute approximate surface area is 144 Å². The molecular weight excluding hydrogens is 306 g/mol. The van der Waals surface area contributed by atoms with Crippen LogP contribution in [-0.2, 0) is 16.1 Å². The first kappa shape index (κ1) is 18.7. The molecule has 0 bridgehead atoms. The van der Waals surface area contributed by atoms with Gasteiger partial charge in [-0.05, 0) is 18.4 Å². The van der Waals surface area contributed by atoms with Crippen molar-refractivity contribution in [3.8, 4) is 0 Å². The zero-order valence-electron chi connectivity index (χ0n) is 14.5. The molecule has 0 spiro atoms. The summed E-state index contributed by atoms with van der Waals surface area (Å²) in [5, 5.41) is 15.9. The third kappa shape index (κ3) is 6.11. The van der Waals surface area contributed by atoms with Crippen LogP contribution < -0.4 is 10.6 Å². The van der Waals surface area contributed by atoms with Crippen molar-refractivity contribution in [2.75, 3.05) is 46.6 Å². The first-order valence-electron chi connectivity index (χ1n) is 8.53. The van der Waals surface area contributed by atoms with Gasteiger partial charge in [-0.25, -0.2) is 0 Å². The van der Waals surface area contributed by atoms with Crippen molar-refractivity contribution in [1.29, 1.82) is 0 Å². The molecule has 1 aromatic rings. The topological polar surface area (TPSA) is 75.1 Å². The molecule has 6 heteroatoms. The largest absolute Gasteiger partial charge is 0.396 e. The van der Waals surface area contributed by atoms with Gasteiger partial charge in [0.1, 0.15) is 0 Å². The van der Waals surface area contributed by atoms with E-state index in [1.54, 1.807) is 7.05 Å².